The number of aliphatic carboxylic acids is 1. The van der Waals surface area contributed by atoms with Gasteiger partial charge in [-0.2, -0.15) is 0 Å². The van der Waals surface area contributed by atoms with Crippen LogP contribution in [0.5, 0.6) is 0 Å². The average molecular weight is 487 g/mol. The van der Waals surface area contributed by atoms with Crippen LogP contribution in [-0.4, -0.2) is 71.5 Å². The second-order valence-electron chi connectivity index (χ2n) is 8.73. The van der Waals surface area contributed by atoms with Crippen LogP contribution in [0.2, 0.25) is 0 Å². The summed E-state index contributed by atoms with van der Waals surface area (Å²) in [6, 6.07) is 5.20. The van der Waals surface area contributed by atoms with Gasteiger partial charge in [-0.15, -0.1) is 0 Å². The number of unbranched alkanes of at least 4 members (excludes halogenated alkanes) is 1. The number of hydrogen-bond donors (Lipinski definition) is 7. The van der Waals surface area contributed by atoms with Crippen molar-refractivity contribution in [2.45, 2.75) is 56.7 Å². The minimum atomic E-state index is -1.18. The van der Waals surface area contributed by atoms with Crippen molar-refractivity contribution in [2.24, 2.45) is 5.73 Å². The molecule has 0 bridgehead atoms. The standard InChI is InChI=1S/C24H34N6O5/c25-10-4-3-8-19(30-23(33)18-9-5-11-26-18)22(32)28-14-21(31)29-20(24(34)35)12-15-13-27-17-7-2-1-6-16(15)17/h1-2,6-7,13,18-20,26-27H,3-5,8-12,14,25H2,(H,28,32)(H,29,31)(H,30,33)(H,34,35). The Morgan fingerprint density at radius 2 is 1.91 bits per heavy atom. The molecule has 11 heteroatoms. The van der Waals surface area contributed by atoms with E-state index in [0.717, 1.165) is 29.4 Å². The smallest absolute Gasteiger partial charge is 0.326 e. The Balaban J connectivity index is 1.54. The highest BCUT2D eigenvalue weighted by Gasteiger charge is 2.28. The molecule has 190 valence electrons. The van der Waals surface area contributed by atoms with Crippen molar-refractivity contribution in [1.82, 2.24) is 26.3 Å². The van der Waals surface area contributed by atoms with Crippen LogP contribution in [-0.2, 0) is 25.6 Å². The predicted molar refractivity (Wildman–Crippen MR) is 130 cm³/mol. The van der Waals surface area contributed by atoms with Gasteiger partial charge in [0.2, 0.25) is 17.7 Å². The van der Waals surface area contributed by atoms with Gasteiger partial charge in [-0.05, 0) is 56.8 Å². The van der Waals surface area contributed by atoms with E-state index in [1.807, 2.05) is 24.3 Å². The number of nitrogens with one attached hydrogen (secondary N) is 5. The normalized spacial score (nSPS) is 17.0. The molecule has 1 saturated heterocycles. The van der Waals surface area contributed by atoms with E-state index in [1.165, 1.54) is 0 Å². The van der Waals surface area contributed by atoms with Gasteiger partial charge in [0.25, 0.3) is 0 Å². The summed E-state index contributed by atoms with van der Waals surface area (Å²) in [5.74, 6) is -2.54. The first-order valence-electron chi connectivity index (χ1n) is 12.0. The predicted octanol–water partition coefficient (Wildman–Crippen LogP) is -0.238. The largest absolute Gasteiger partial charge is 0.480 e. The molecule has 0 spiro atoms. The number of H-pyrrole nitrogens is 1. The number of aromatic nitrogens is 1. The molecule has 35 heavy (non-hydrogen) atoms. The van der Waals surface area contributed by atoms with Crippen LogP contribution >= 0.6 is 0 Å². The SMILES string of the molecule is NCCCCC(NC(=O)C1CCCN1)C(=O)NCC(=O)NC(Cc1c[nH]c2ccccc12)C(=O)O. The van der Waals surface area contributed by atoms with Gasteiger partial charge in [0.15, 0.2) is 0 Å². The summed E-state index contributed by atoms with van der Waals surface area (Å²) in [6.45, 7) is 0.828. The quantitative estimate of drug-likeness (QED) is 0.191. The number of nitrogens with two attached hydrogens (primary N) is 1. The lowest BCUT2D eigenvalue weighted by Crippen LogP contribution is -2.53. The Bertz CT molecular complexity index is 1030. The molecule has 8 N–H and O–H groups in total. The Kier molecular flexibility index (Phi) is 9.62. The van der Waals surface area contributed by atoms with Gasteiger partial charge in [0, 0.05) is 23.5 Å². The number of fused-ring (bicyclic) bond motifs is 1. The van der Waals surface area contributed by atoms with E-state index in [0.29, 0.717) is 32.2 Å². The van der Waals surface area contributed by atoms with E-state index in [1.54, 1.807) is 6.20 Å². The average Bonchev–Trinajstić information content (AvgIpc) is 3.52. The number of amides is 3. The number of aromatic amines is 1. The highest BCUT2D eigenvalue weighted by atomic mass is 16.4. The van der Waals surface area contributed by atoms with Crippen molar-refractivity contribution < 1.29 is 24.3 Å². The number of carbonyl (C=O) groups is 4. The van der Waals surface area contributed by atoms with E-state index in [-0.39, 0.29) is 18.4 Å². The topological polar surface area (TPSA) is 178 Å². The minimum absolute atomic E-state index is 0.0885. The maximum Gasteiger partial charge on any atom is 0.326 e. The summed E-state index contributed by atoms with van der Waals surface area (Å²) in [5.41, 5.74) is 7.18. The highest BCUT2D eigenvalue weighted by molar-refractivity contribution is 5.93. The molecule has 3 rings (SSSR count). The second kappa shape index (κ2) is 12.9. The molecule has 11 nitrogen and oxygen atoms in total. The number of carboxylic acids is 1. The molecular formula is C24H34N6O5. The van der Waals surface area contributed by atoms with Crippen LogP contribution in [0.4, 0.5) is 0 Å². The van der Waals surface area contributed by atoms with E-state index in [4.69, 9.17) is 5.73 Å². The number of benzene rings is 1. The minimum Gasteiger partial charge on any atom is -0.480 e. The lowest BCUT2D eigenvalue weighted by Gasteiger charge is -2.21. The van der Waals surface area contributed by atoms with Crippen LogP contribution in [0.3, 0.4) is 0 Å². The van der Waals surface area contributed by atoms with Crippen molar-refractivity contribution in [2.75, 3.05) is 19.6 Å². The van der Waals surface area contributed by atoms with Gasteiger partial charge in [-0.1, -0.05) is 18.2 Å². The molecule has 1 aliphatic rings. The van der Waals surface area contributed by atoms with Gasteiger partial charge >= 0.3 is 5.97 Å². The van der Waals surface area contributed by atoms with Crippen LogP contribution < -0.4 is 27.0 Å². The van der Waals surface area contributed by atoms with E-state index in [9.17, 15) is 24.3 Å². The number of carbonyl (C=O) groups excluding carboxylic acids is 3. The highest BCUT2D eigenvalue weighted by Crippen LogP contribution is 2.19. The molecule has 1 fully saturated rings. The van der Waals surface area contributed by atoms with Crippen molar-refractivity contribution in [3.05, 3.63) is 36.0 Å². The van der Waals surface area contributed by atoms with Crippen LogP contribution in [0, 0.1) is 0 Å². The number of rotatable bonds is 13. The summed E-state index contributed by atoms with van der Waals surface area (Å²) < 4.78 is 0. The van der Waals surface area contributed by atoms with Crippen LogP contribution in [0.25, 0.3) is 10.9 Å². The Morgan fingerprint density at radius 3 is 2.63 bits per heavy atom. The Hall–Kier alpha value is -3.44. The van der Waals surface area contributed by atoms with Crippen molar-refractivity contribution in [3.63, 3.8) is 0 Å². The summed E-state index contributed by atoms with van der Waals surface area (Å²) in [7, 11) is 0. The molecule has 0 aliphatic carbocycles. The van der Waals surface area contributed by atoms with Crippen LogP contribution in [0.15, 0.2) is 30.5 Å². The maximum atomic E-state index is 12.7. The zero-order valence-electron chi connectivity index (χ0n) is 19.6. The lowest BCUT2D eigenvalue weighted by molar-refractivity contribution is -0.141. The second-order valence-corrected chi connectivity index (χ2v) is 8.73. The fourth-order valence-corrected chi connectivity index (χ4v) is 4.20. The van der Waals surface area contributed by atoms with E-state index in [2.05, 4.69) is 26.3 Å². The van der Waals surface area contributed by atoms with Crippen molar-refractivity contribution >= 4 is 34.6 Å². The fourth-order valence-electron chi connectivity index (χ4n) is 4.20. The molecule has 2 heterocycles. The van der Waals surface area contributed by atoms with Gasteiger partial charge in [-0.3, -0.25) is 14.4 Å². The first kappa shape index (κ1) is 26.2. The molecular weight excluding hydrogens is 452 g/mol. The van der Waals surface area contributed by atoms with Gasteiger partial charge in [0.1, 0.15) is 12.1 Å². The third kappa shape index (κ3) is 7.52. The van der Waals surface area contributed by atoms with E-state index >= 15 is 0 Å². The first-order valence-corrected chi connectivity index (χ1v) is 12.0. The van der Waals surface area contributed by atoms with Crippen molar-refractivity contribution in [3.8, 4) is 0 Å². The summed E-state index contributed by atoms with van der Waals surface area (Å²) >= 11 is 0. The zero-order valence-corrected chi connectivity index (χ0v) is 19.6. The maximum absolute atomic E-state index is 12.7. The fraction of sp³-hybridized carbons (Fsp3) is 0.500. The number of para-hydroxylation sites is 1. The van der Waals surface area contributed by atoms with Crippen molar-refractivity contribution in [1.29, 1.82) is 0 Å². The molecule has 0 saturated carbocycles. The van der Waals surface area contributed by atoms with Crippen LogP contribution in [0.1, 0.15) is 37.7 Å². The molecule has 0 radical (unpaired) electrons. The monoisotopic (exact) mass is 486 g/mol. The number of hydrogen-bond acceptors (Lipinski definition) is 6. The number of carboxylic acid groups (broad SMARTS) is 1. The molecule has 1 aromatic heterocycles. The third-order valence-electron chi connectivity index (χ3n) is 6.11. The molecule has 2 aromatic rings. The van der Waals surface area contributed by atoms with Gasteiger partial charge < -0.3 is 37.1 Å². The molecule has 3 unspecified atom stereocenters. The molecule has 1 aliphatic heterocycles. The first-order chi connectivity index (χ1) is 16.9. The Labute approximate surface area is 203 Å². The van der Waals surface area contributed by atoms with Gasteiger partial charge in [-0.25, -0.2) is 4.79 Å². The molecule has 3 amide bonds. The van der Waals surface area contributed by atoms with E-state index < -0.39 is 36.4 Å². The summed E-state index contributed by atoms with van der Waals surface area (Å²) in [5, 5.41) is 21.3. The molecule has 1 aromatic carbocycles. The zero-order chi connectivity index (χ0) is 25.2. The lowest BCUT2D eigenvalue weighted by atomic mass is 10.0. The third-order valence-corrected chi connectivity index (χ3v) is 6.11. The Morgan fingerprint density at radius 1 is 1.11 bits per heavy atom. The van der Waals surface area contributed by atoms with Gasteiger partial charge in [0.05, 0.1) is 12.6 Å². The summed E-state index contributed by atoms with van der Waals surface area (Å²) in [6.07, 6.45) is 5.15. The molecule has 3 atom stereocenters. The summed E-state index contributed by atoms with van der Waals surface area (Å²) in [4.78, 5) is 52.5.